The number of sulfone groups is 1. The zero-order chi connectivity index (χ0) is 16.0. The number of amides is 3. The van der Waals surface area contributed by atoms with E-state index in [-0.39, 0.29) is 31.1 Å². The van der Waals surface area contributed by atoms with Crippen LogP contribution >= 0.6 is 0 Å². The van der Waals surface area contributed by atoms with Crippen LogP contribution in [0.15, 0.2) is 0 Å². The number of hydrogen-bond acceptors (Lipinski definition) is 6. The Hall–Kier alpha value is -2.04. The lowest BCUT2D eigenvalue weighted by atomic mass is 10.2. The highest BCUT2D eigenvalue weighted by Crippen LogP contribution is 2.17. The van der Waals surface area contributed by atoms with Crippen LogP contribution in [0.2, 0.25) is 0 Å². The van der Waals surface area contributed by atoms with Gasteiger partial charge in [0.2, 0.25) is 0 Å². The Balaban J connectivity index is 2.58. The van der Waals surface area contributed by atoms with Crippen molar-refractivity contribution in [2.45, 2.75) is 12.5 Å². The molecule has 4 N–H and O–H groups in total. The molecule has 0 bridgehead atoms. The van der Waals surface area contributed by atoms with Gasteiger partial charge in [-0.2, -0.15) is 0 Å². The first-order chi connectivity index (χ1) is 9.71. The number of carboxylic acids is 1. The van der Waals surface area contributed by atoms with Gasteiger partial charge >= 0.3 is 18.1 Å². The number of nitrogens with one attached hydrogen (secondary N) is 1. The average Bonchev–Trinajstić information content (AvgIpc) is 2.71. The maximum atomic E-state index is 11.9. The first-order valence-corrected chi connectivity index (χ1v) is 7.92. The molecule has 1 fully saturated rings. The second kappa shape index (κ2) is 7.11. The van der Waals surface area contributed by atoms with E-state index in [1.165, 1.54) is 0 Å². The van der Waals surface area contributed by atoms with Crippen LogP contribution in [0.1, 0.15) is 6.42 Å². The number of ether oxygens (including phenoxy) is 1. The summed E-state index contributed by atoms with van der Waals surface area (Å²) in [5.41, 5.74) is 4.74. The molecule has 1 aliphatic heterocycles. The molecule has 1 heterocycles. The standard InChI is InChI=1S/C10H17N3O7S/c11-9(16)20-3-2-12-10(17)13(5-8(14)15)7-1-4-21(18,19)6-7/h7H,1-6H2,(H2,11,16)(H,12,17)(H,14,15). The van der Waals surface area contributed by atoms with Gasteiger partial charge in [0.25, 0.3) is 0 Å². The molecule has 1 saturated heterocycles. The summed E-state index contributed by atoms with van der Waals surface area (Å²) in [5, 5.41) is 11.2. The van der Waals surface area contributed by atoms with Crippen molar-refractivity contribution < 1.29 is 32.6 Å². The monoisotopic (exact) mass is 323 g/mol. The van der Waals surface area contributed by atoms with E-state index < -0.39 is 40.5 Å². The zero-order valence-electron chi connectivity index (χ0n) is 11.1. The number of carbonyl (C=O) groups is 3. The molecular formula is C10H17N3O7S. The number of nitrogens with zero attached hydrogens (tertiary/aromatic N) is 1. The van der Waals surface area contributed by atoms with Gasteiger partial charge in [-0.05, 0) is 6.42 Å². The number of primary amides is 1. The summed E-state index contributed by atoms with van der Waals surface area (Å²) in [6, 6.07) is -1.41. The fourth-order valence-corrected chi connectivity index (χ4v) is 3.68. The fourth-order valence-electron chi connectivity index (χ4n) is 1.94. The van der Waals surface area contributed by atoms with E-state index in [1.54, 1.807) is 0 Å². The van der Waals surface area contributed by atoms with E-state index in [9.17, 15) is 22.8 Å². The maximum Gasteiger partial charge on any atom is 0.404 e. The molecule has 1 atom stereocenters. The number of nitrogens with two attached hydrogens (primary N) is 1. The summed E-state index contributed by atoms with van der Waals surface area (Å²) in [7, 11) is -3.25. The summed E-state index contributed by atoms with van der Waals surface area (Å²) >= 11 is 0. The molecule has 1 rings (SSSR count). The number of urea groups is 1. The average molecular weight is 323 g/mol. The van der Waals surface area contributed by atoms with Crippen molar-refractivity contribution in [3.8, 4) is 0 Å². The lowest BCUT2D eigenvalue weighted by Gasteiger charge is -2.26. The Bertz CT molecular complexity index is 519. The number of carbonyl (C=O) groups excluding carboxylic acids is 2. The molecule has 1 aliphatic rings. The molecule has 3 amide bonds. The molecule has 0 aromatic heterocycles. The highest BCUT2D eigenvalue weighted by atomic mass is 32.2. The largest absolute Gasteiger partial charge is 0.480 e. The number of rotatable bonds is 6. The van der Waals surface area contributed by atoms with Gasteiger partial charge in [-0.3, -0.25) is 4.79 Å². The van der Waals surface area contributed by atoms with Crippen molar-refractivity contribution in [2.24, 2.45) is 5.73 Å². The Morgan fingerprint density at radius 3 is 2.52 bits per heavy atom. The van der Waals surface area contributed by atoms with E-state index in [0.717, 1.165) is 4.90 Å². The van der Waals surface area contributed by atoms with Crippen LogP contribution in [-0.4, -0.2) is 73.8 Å². The third-order valence-electron chi connectivity index (χ3n) is 2.84. The molecule has 21 heavy (non-hydrogen) atoms. The highest BCUT2D eigenvalue weighted by molar-refractivity contribution is 7.91. The predicted octanol–water partition coefficient (Wildman–Crippen LogP) is -1.63. The van der Waals surface area contributed by atoms with Crippen LogP contribution in [-0.2, 0) is 19.4 Å². The van der Waals surface area contributed by atoms with E-state index in [4.69, 9.17) is 10.8 Å². The Morgan fingerprint density at radius 1 is 1.38 bits per heavy atom. The van der Waals surface area contributed by atoms with Crippen molar-refractivity contribution in [3.63, 3.8) is 0 Å². The number of aliphatic carboxylic acids is 1. The zero-order valence-corrected chi connectivity index (χ0v) is 12.0. The third-order valence-corrected chi connectivity index (χ3v) is 4.59. The first-order valence-electron chi connectivity index (χ1n) is 6.10. The van der Waals surface area contributed by atoms with Gasteiger partial charge in [-0.25, -0.2) is 18.0 Å². The molecule has 0 radical (unpaired) electrons. The van der Waals surface area contributed by atoms with Gasteiger partial charge < -0.3 is 25.8 Å². The summed E-state index contributed by atoms with van der Waals surface area (Å²) in [6.07, 6.45) is -0.797. The minimum Gasteiger partial charge on any atom is -0.480 e. The molecule has 0 aromatic rings. The number of carboxylic acid groups (broad SMARTS) is 1. The van der Waals surface area contributed by atoms with E-state index >= 15 is 0 Å². The summed E-state index contributed by atoms with van der Waals surface area (Å²) < 4.78 is 27.2. The summed E-state index contributed by atoms with van der Waals surface area (Å²) in [6.45, 7) is -0.828. The topological polar surface area (TPSA) is 156 Å². The summed E-state index contributed by atoms with van der Waals surface area (Å²) in [4.78, 5) is 34.0. The van der Waals surface area contributed by atoms with Crippen LogP contribution in [0.25, 0.3) is 0 Å². The van der Waals surface area contributed by atoms with Crippen LogP contribution in [0.4, 0.5) is 9.59 Å². The predicted molar refractivity (Wildman–Crippen MR) is 70.3 cm³/mol. The van der Waals surface area contributed by atoms with Gasteiger partial charge in [-0.1, -0.05) is 0 Å². The van der Waals surface area contributed by atoms with Gasteiger partial charge in [0.05, 0.1) is 18.1 Å². The first kappa shape index (κ1) is 17.0. The van der Waals surface area contributed by atoms with Crippen LogP contribution < -0.4 is 11.1 Å². The van der Waals surface area contributed by atoms with E-state index in [0.29, 0.717) is 0 Å². The quantitative estimate of drug-likeness (QED) is 0.495. The molecule has 0 spiro atoms. The molecule has 0 aromatic carbocycles. The second-order valence-electron chi connectivity index (χ2n) is 4.48. The Labute approximate surface area is 121 Å². The minimum atomic E-state index is -3.25. The van der Waals surface area contributed by atoms with Crippen molar-refractivity contribution in [1.82, 2.24) is 10.2 Å². The molecule has 11 heteroatoms. The van der Waals surface area contributed by atoms with Crippen LogP contribution in [0.5, 0.6) is 0 Å². The van der Waals surface area contributed by atoms with Crippen molar-refractivity contribution >= 4 is 27.9 Å². The van der Waals surface area contributed by atoms with Crippen molar-refractivity contribution in [2.75, 3.05) is 31.2 Å². The highest BCUT2D eigenvalue weighted by Gasteiger charge is 2.35. The smallest absolute Gasteiger partial charge is 0.404 e. The Morgan fingerprint density at radius 2 is 2.05 bits per heavy atom. The molecule has 10 nitrogen and oxygen atoms in total. The SMILES string of the molecule is NC(=O)OCCNC(=O)N(CC(=O)O)C1CCS(=O)(=O)C1. The molecule has 0 saturated carbocycles. The molecule has 120 valence electrons. The minimum absolute atomic E-state index is 0.0582. The normalized spacial score (nSPS) is 19.7. The molecular weight excluding hydrogens is 306 g/mol. The van der Waals surface area contributed by atoms with Gasteiger partial charge in [0.15, 0.2) is 9.84 Å². The fraction of sp³-hybridized carbons (Fsp3) is 0.700. The summed E-state index contributed by atoms with van der Waals surface area (Å²) in [5.74, 6) is -1.58. The third kappa shape index (κ3) is 5.85. The van der Waals surface area contributed by atoms with Crippen molar-refractivity contribution in [1.29, 1.82) is 0 Å². The molecule has 0 aliphatic carbocycles. The lowest BCUT2D eigenvalue weighted by molar-refractivity contribution is -0.138. The second-order valence-corrected chi connectivity index (χ2v) is 6.71. The van der Waals surface area contributed by atoms with Gasteiger partial charge in [-0.15, -0.1) is 0 Å². The Kier molecular flexibility index (Phi) is 5.76. The van der Waals surface area contributed by atoms with E-state index in [2.05, 4.69) is 10.1 Å². The maximum absolute atomic E-state index is 11.9. The lowest BCUT2D eigenvalue weighted by Crippen LogP contribution is -2.49. The van der Waals surface area contributed by atoms with Gasteiger partial charge in [0.1, 0.15) is 13.2 Å². The van der Waals surface area contributed by atoms with Crippen LogP contribution in [0.3, 0.4) is 0 Å². The van der Waals surface area contributed by atoms with Gasteiger partial charge in [0, 0.05) is 6.04 Å². The van der Waals surface area contributed by atoms with E-state index in [1.807, 2.05) is 0 Å². The molecule has 1 unspecified atom stereocenters. The number of hydrogen-bond donors (Lipinski definition) is 3. The van der Waals surface area contributed by atoms with Crippen LogP contribution in [0, 0.1) is 0 Å². The van der Waals surface area contributed by atoms with Crippen molar-refractivity contribution in [3.05, 3.63) is 0 Å².